The standard InChI is InChI=1S/C21H29N4O12PS2/c1-31-8-10-15(14(28)18(34-10)24-6-4-12(26)22-20(24)29)36-38(39,40)37-16-11(9-32-2)35-19(17(16)33-3)25-7-5-13(27)23-21(25)30/h4-7,10-11,14-19,28H,8-9H2,1-3H3,(H,39,40)(H,22,26,29)(H,23,27,30)/p-1/t10-,11-,14-,15-,16-,17-,18-,19-/m1/s1. The normalized spacial score (nSPS) is 31.9. The summed E-state index contributed by atoms with van der Waals surface area (Å²) in [6.07, 6.45) is -9.70. The number of nitrogens with one attached hydrogen (secondary N) is 1. The number of rotatable bonds is 11. The van der Waals surface area contributed by atoms with Crippen LogP contribution in [0.5, 0.6) is 5.88 Å². The lowest BCUT2D eigenvalue weighted by atomic mass is 10.1. The lowest BCUT2D eigenvalue weighted by Crippen LogP contribution is -2.41. The Morgan fingerprint density at radius 3 is 2.23 bits per heavy atom. The Labute approximate surface area is 237 Å². The average molecular weight is 624 g/mol. The minimum Gasteiger partial charge on any atom is -0.858 e. The van der Waals surface area contributed by atoms with Gasteiger partial charge in [-0.05, 0) is 11.9 Å². The molecule has 2 aliphatic heterocycles. The van der Waals surface area contributed by atoms with Gasteiger partial charge in [0.05, 0.1) is 13.2 Å². The molecule has 2 fully saturated rings. The first-order chi connectivity index (χ1) is 19.0. The molecule has 16 nitrogen and oxygen atoms in total. The molecule has 0 aliphatic carbocycles. The van der Waals surface area contributed by atoms with E-state index in [2.05, 4.69) is 22.2 Å². The van der Waals surface area contributed by atoms with Crippen LogP contribution < -0.4 is 22.0 Å². The van der Waals surface area contributed by atoms with E-state index in [0.717, 1.165) is 27.5 Å². The maximum Gasteiger partial charge on any atom is 0.349 e. The summed E-state index contributed by atoms with van der Waals surface area (Å²) in [7, 11) is 4.21. The Morgan fingerprint density at radius 1 is 1.02 bits per heavy atom. The second-order valence-electron chi connectivity index (χ2n) is 8.81. The van der Waals surface area contributed by atoms with Gasteiger partial charge in [-0.1, -0.05) is 0 Å². The zero-order valence-corrected chi connectivity index (χ0v) is 24.0. The van der Waals surface area contributed by atoms with E-state index in [1.54, 1.807) is 0 Å². The lowest BCUT2D eigenvalue weighted by molar-refractivity contribution is -0.275. The van der Waals surface area contributed by atoms with E-state index in [1.165, 1.54) is 27.5 Å². The van der Waals surface area contributed by atoms with Crippen molar-refractivity contribution in [3.8, 4) is 5.88 Å². The first-order valence-electron chi connectivity index (χ1n) is 11.8. The van der Waals surface area contributed by atoms with Crippen molar-refractivity contribution in [3.05, 3.63) is 55.8 Å². The van der Waals surface area contributed by atoms with Gasteiger partial charge in [-0.15, -0.1) is 0 Å². The van der Waals surface area contributed by atoms with Gasteiger partial charge in [-0.25, -0.2) is 23.6 Å². The molecule has 2 aromatic rings. The van der Waals surface area contributed by atoms with Crippen LogP contribution in [0.25, 0.3) is 0 Å². The molecular formula is C21H28N4O12PS2-. The molecule has 4 heterocycles. The van der Waals surface area contributed by atoms with Crippen molar-refractivity contribution in [1.82, 2.24) is 19.1 Å². The largest absolute Gasteiger partial charge is 0.858 e. The van der Waals surface area contributed by atoms with Gasteiger partial charge in [-0.3, -0.25) is 18.9 Å². The maximum absolute atomic E-state index is 12.4. The molecule has 0 bridgehead atoms. The topological polar surface area (TPSA) is 198 Å². The number of thiol groups is 1. The van der Waals surface area contributed by atoms with Crippen molar-refractivity contribution in [3.63, 3.8) is 0 Å². The number of ether oxygens (including phenoxy) is 5. The van der Waals surface area contributed by atoms with Crippen molar-refractivity contribution in [2.24, 2.45) is 0 Å². The van der Waals surface area contributed by atoms with Crippen LogP contribution in [0.15, 0.2) is 38.9 Å². The van der Waals surface area contributed by atoms with Gasteiger partial charge >= 0.3 is 11.4 Å². The molecule has 2 N–H and O–H groups in total. The number of hydrogen-bond donors (Lipinski definition) is 3. The summed E-state index contributed by atoms with van der Waals surface area (Å²) in [6, 6.07) is 2.20. The van der Waals surface area contributed by atoms with Gasteiger partial charge in [0.15, 0.2) is 24.7 Å². The van der Waals surface area contributed by atoms with E-state index in [0.29, 0.717) is 0 Å². The summed E-state index contributed by atoms with van der Waals surface area (Å²) in [4.78, 5) is 41.7. The summed E-state index contributed by atoms with van der Waals surface area (Å²) in [5.74, 6) is -0.742. The van der Waals surface area contributed by atoms with E-state index in [4.69, 9.17) is 45.0 Å². The number of aliphatic hydroxyl groups excluding tert-OH is 1. The van der Waals surface area contributed by atoms with Crippen LogP contribution in [0, 0.1) is 0 Å². The first kappa shape index (κ1) is 31.1. The van der Waals surface area contributed by atoms with Crippen LogP contribution in [0.1, 0.15) is 12.5 Å². The van der Waals surface area contributed by atoms with Crippen molar-refractivity contribution < 1.29 is 42.9 Å². The Morgan fingerprint density at radius 2 is 1.62 bits per heavy atom. The van der Waals surface area contributed by atoms with Crippen molar-refractivity contribution >= 4 is 30.6 Å². The first-order valence-corrected chi connectivity index (χ1v) is 15.6. The van der Waals surface area contributed by atoms with Crippen LogP contribution in [-0.4, -0.2) is 95.4 Å². The minimum atomic E-state index is -3.56. The fraction of sp³-hybridized carbons (Fsp3) is 0.619. The summed E-state index contributed by atoms with van der Waals surface area (Å²) < 4.78 is 42.1. The molecule has 2 saturated heterocycles. The number of aromatic amines is 1. The molecule has 0 saturated carbocycles. The summed E-state index contributed by atoms with van der Waals surface area (Å²) >= 11 is 10.0. The van der Waals surface area contributed by atoms with E-state index in [-0.39, 0.29) is 13.2 Å². The van der Waals surface area contributed by atoms with E-state index >= 15 is 0 Å². The maximum atomic E-state index is 12.4. The number of aliphatic hydroxyl groups is 1. The van der Waals surface area contributed by atoms with Gasteiger partial charge in [0.1, 0.15) is 24.4 Å². The van der Waals surface area contributed by atoms with Gasteiger partial charge in [0, 0.05) is 52.0 Å². The number of methoxy groups -OCH3 is 3. The summed E-state index contributed by atoms with van der Waals surface area (Å²) in [6.45, 7) is -0.0443. The van der Waals surface area contributed by atoms with Crippen molar-refractivity contribution in [1.29, 1.82) is 0 Å². The van der Waals surface area contributed by atoms with E-state index < -0.39 is 78.0 Å². The Hall–Kier alpha value is -1.83. The van der Waals surface area contributed by atoms with Gasteiger partial charge in [-0.2, -0.15) is 0 Å². The van der Waals surface area contributed by atoms with Gasteiger partial charge < -0.3 is 46.1 Å². The second kappa shape index (κ2) is 13.0. The molecule has 4 rings (SSSR count). The summed E-state index contributed by atoms with van der Waals surface area (Å²) in [5.41, 5.74) is -2.24. The highest BCUT2D eigenvalue weighted by Crippen LogP contribution is 2.67. The van der Waals surface area contributed by atoms with Crippen LogP contribution in [-0.2, 0) is 45.0 Å². The minimum absolute atomic E-state index is 0.0113. The predicted octanol–water partition coefficient (Wildman–Crippen LogP) is -1.74. The predicted molar refractivity (Wildman–Crippen MR) is 141 cm³/mol. The Balaban J connectivity index is 1.57. The number of aromatic nitrogens is 4. The number of hydrogen-bond acceptors (Lipinski definition) is 15. The highest BCUT2D eigenvalue weighted by Gasteiger charge is 2.54. The van der Waals surface area contributed by atoms with Gasteiger partial charge in [0.2, 0.25) is 6.12 Å². The highest BCUT2D eigenvalue weighted by atomic mass is 33.1. The molecular weight excluding hydrogens is 595 g/mol. The molecule has 19 heteroatoms. The molecule has 0 spiro atoms. The molecule has 0 amide bonds. The van der Waals surface area contributed by atoms with E-state index in [9.17, 15) is 24.6 Å². The molecule has 0 aromatic carbocycles. The molecule has 1 unspecified atom stereocenters. The quantitative estimate of drug-likeness (QED) is 0.145. The van der Waals surface area contributed by atoms with Crippen molar-refractivity contribution in [2.75, 3.05) is 34.5 Å². The molecule has 2 aliphatic rings. The molecule has 9 atom stereocenters. The third-order valence-electron chi connectivity index (χ3n) is 6.24. The molecule has 0 radical (unpaired) electrons. The molecule has 40 heavy (non-hydrogen) atoms. The monoisotopic (exact) mass is 623 g/mol. The Bertz CT molecular complexity index is 1340. The fourth-order valence-electron chi connectivity index (χ4n) is 4.54. The summed E-state index contributed by atoms with van der Waals surface area (Å²) in [5, 5.41) is 22.5. The van der Waals surface area contributed by atoms with E-state index in [1.807, 2.05) is 0 Å². The zero-order chi connectivity index (χ0) is 29.2. The average Bonchev–Trinajstić information content (AvgIpc) is 3.36. The second-order valence-corrected chi connectivity index (χ2v) is 14.0. The Kier molecular flexibility index (Phi) is 10.1. The molecule has 222 valence electrons. The number of H-pyrrole nitrogens is 1. The van der Waals surface area contributed by atoms with Crippen LogP contribution in [0.3, 0.4) is 0 Å². The van der Waals surface area contributed by atoms with Gasteiger partial charge in [0.25, 0.3) is 5.56 Å². The highest BCUT2D eigenvalue weighted by molar-refractivity contribution is 8.76. The third kappa shape index (κ3) is 6.63. The van der Waals surface area contributed by atoms with Crippen LogP contribution >= 0.6 is 18.4 Å². The zero-order valence-electron chi connectivity index (χ0n) is 21.4. The van der Waals surface area contributed by atoms with Crippen LogP contribution in [0.4, 0.5) is 0 Å². The third-order valence-corrected chi connectivity index (χ3v) is 8.34. The fourth-order valence-corrected chi connectivity index (χ4v) is 6.97. The molecule has 2 aromatic heterocycles. The lowest BCUT2D eigenvalue weighted by Gasteiger charge is -2.33. The number of nitrogens with zero attached hydrogens (tertiary/aromatic N) is 3. The van der Waals surface area contributed by atoms with Crippen LogP contribution in [0.2, 0.25) is 0 Å². The van der Waals surface area contributed by atoms with Crippen molar-refractivity contribution in [2.45, 2.75) is 49.1 Å². The SMILES string of the molecule is COC[C@H]1O[C@@H](n2ccc([O-])nc2=O)[C@H](O)[C@@H]1O[P+]([S-])(S)O[C@H]1[C@@H](OC)[C@H](n2ccc(=O)[nH]c2=O)O[C@@H]1COC. The smallest absolute Gasteiger partial charge is 0.349 e.